The molecule has 1 fully saturated rings. The van der Waals surface area contributed by atoms with E-state index in [1.807, 2.05) is 0 Å². The summed E-state index contributed by atoms with van der Waals surface area (Å²) < 4.78 is 108. The molecule has 0 bridgehead atoms. The molecule has 0 aliphatic heterocycles. The largest absolute Gasteiger partial charge is 0.418 e. The minimum atomic E-state index is -4.85. The number of nitrogens with one attached hydrogen (secondary N) is 1. The third kappa shape index (κ3) is 5.04. The predicted octanol–water partition coefficient (Wildman–Crippen LogP) is 8.11. The highest BCUT2D eigenvalue weighted by molar-refractivity contribution is 5.87. The minimum Gasteiger partial charge on any atom is -0.338 e. The highest BCUT2D eigenvalue weighted by Gasteiger charge is 2.37. The quantitative estimate of drug-likeness (QED) is 0.382. The average molecular weight is 474 g/mol. The number of aromatic amines is 1. The van der Waals surface area contributed by atoms with E-state index in [-0.39, 0.29) is 54.1 Å². The van der Waals surface area contributed by atoms with E-state index in [4.69, 9.17) is 0 Å². The highest BCUT2D eigenvalue weighted by atomic mass is 19.4. The van der Waals surface area contributed by atoms with Crippen LogP contribution in [0, 0.1) is 5.92 Å². The van der Waals surface area contributed by atoms with Crippen LogP contribution < -0.4 is 0 Å². The molecule has 10 heteroatoms. The van der Waals surface area contributed by atoms with E-state index in [1.54, 1.807) is 6.08 Å². The summed E-state index contributed by atoms with van der Waals surface area (Å²) >= 11 is 0. The molecule has 0 amide bonds. The Labute approximate surface area is 183 Å². The topological polar surface area (TPSA) is 28.7 Å². The molecular formula is C23H18F8N2. The Hall–Kier alpha value is -2.91. The van der Waals surface area contributed by atoms with Gasteiger partial charge in [0, 0.05) is 12.8 Å². The lowest BCUT2D eigenvalue weighted by Crippen LogP contribution is -2.23. The molecule has 0 radical (unpaired) electrons. The number of fused-ring (bicyclic) bond motifs is 1. The number of hydrogen-bond donors (Lipinski definition) is 1. The van der Waals surface area contributed by atoms with Gasteiger partial charge in [0.05, 0.1) is 16.6 Å². The molecular weight excluding hydrogens is 456 g/mol. The minimum absolute atomic E-state index is 0.0640. The fourth-order valence-corrected chi connectivity index (χ4v) is 4.05. The number of hydrogen-bond acceptors (Lipinski definition) is 1. The van der Waals surface area contributed by atoms with E-state index in [1.165, 1.54) is 18.2 Å². The SMILES string of the molecule is FC1(F)CCC(C=Cc2nc3c(C(F)(F)F)cc(-c4ccccc4C(F)(F)F)cc3[nH]2)CC1. The molecule has 1 aliphatic rings. The normalized spacial score (nSPS) is 17.8. The van der Waals surface area contributed by atoms with Crippen molar-refractivity contribution in [2.45, 2.75) is 44.0 Å². The van der Waals surface area contributed by atoms with Gasteiger partial charge in [-0.05, 0) is 54.2 Å². The maximum Gasteiger partial charge on any atom is 0.418 e. The van der Waals surface area contributed by atoms with E-state index in [2.05, 4.69) is 9.97 Å². The summed E-state index contributed by atoms with van der Waals surface area (Å²) in [5.41, 5.74) is -3.35. The first-order chi connectivity index (χ1) is 15.3. The number of nitrogens with zero attached hydrogens (tertiary/aromatic N) is 1. The molecule has 1 N–H and O–H groups in total. The number of alkyl halides is 8. The summed E-state index contributed by atoms with van der Waals surface area (Å²) in [5, 5.41) is 0. The fraction of sp³-hybridized carbons (Fsp3) is 0.348. The number of imidazole rings is 1. The number of rotatable bonds is 3. The molecule has 0 saturated heterocycles. The van der Waals surface area contributed by atoms with Gasteiger partial charge in [0.1, 0.15) is 11.3 Å². The summed E-state index contributed by atoms with van der Waals surface area (Å²) in [7, 11) is 0. The van der Waals surface area contributed by atoms with Crippen LogP contribution in [-0.4, -0.2) is 15.9 Å². The van der Waals surface area contributed by atoms with Crippen molar-refractivity contribution in [1.29, 1.82) is 0 Å². The number of halogens is 8. The van der Waals surface area contributed by atoms with E-state index in [0.29, 0.717) is 6.07 Å². The second kappa shape index (κ2) is 8.14. The Balaban J connectivity index is 1.75. The first-order valence-electron chi connectivity index (χ1n) is 10.2. The van der Waals surface area contributed by atoms with Crippen LogP contribution in [0.1, 0.15) is 42.6 Å². The van der Waals surface area contributed by atoms with E-state index >= 15 is 0 Å². The zero-order valence-corrected chi connectivity index (χ0v) is 17.0. The first kappa shape index (κ1) is 23.3. The molecule has 2 aromatic carbocycles. The van der Waals surface area contributed by atoms with Gasteiger partial charge in [0.25, 0.3) is 0 Å². The lowest BCUT2D eigenvalue weighted by molar-refractivity contribution is -0.137. The van der Waals surface area contributed by atoms with Gasteiger partial charge >= 0.3 is 12.4 Å². The standard InChI is InChI=1S/C23H18F8N2/c24-21(25)9-7-13(8-10-21)5-6-19-32-18-12-14(11-17(20(18)33-19)23(29,30)31)15-3-1-2-4-16(15)22(26,27)28/h1-6,11-13H,7-10H2,(H,32,33). The Kier molecular flexibility index (Phi) is 5.74. The van der Waals surface area contributed by atoms with E-state index in [9.17, 15) is 35.1 Å². The van der Waals surface area contributed by atoms with Gasteiger partial charge in [-0.1, -0.05) is 24.3 Å². The van der Waals surface area contributed by atoms with Crippen LogP contribution >= 0.6 is 0 Å². The molecule has 1 heterocycles. The third-order valence-electron chi connectivity index (χ3n) is 5.74. The van der Waals surface area contributed by atoms with Gasteiger partial charge in [-0.3, -0.25) is 0 Å². The van der Waals surface area contributed by atoms with Crippen molar-refractivity contribution < 1.29 is 35.1 Å². The monoisotopic (exact) mass is 474 g/mol. The molecule has 176 valence electrons. The van der Waals surface area contributed by atoms with Crippen LogP contribution in [-0.2, 0) is 12.4 Å². The van der Waals surface area contributed by atoms with Gasteiger partial charge in [-0.25, -0.2) is 13.8 Å². The second-order valence-electron chi connectivity index (χ2n) is 8.14. The Morgan fingerprint density at radius 1 is 0.909 bits per heavy atom. The summed E-state index contributed by atoms with van der Waals surface area (Å²) in [6.07, 6.45) is -6.58. The van der Waals surface area contributed by atoms with Gasteiger partial charge in [-0.15, -0.1) is 0 Å². The Bertz CT molecular complexity index is 1180. The second-order valence-corrected chi connectivity index (χ2v) is 8.14. The van der Waals surface area contributed by atoms with Crippen LogP contribution in [0.25, 0.3) is 28.2 Å². The molecule has 0 spiro atoms. The number of H-pyrrole nitrogens is 1. The smallest absolute Gasteiger partial charge is 0.338 e. The maximum atomic E-state index is 13.7. The zero-order valence-electron chi connectivity index (χ0n) is 17.0. The van der Waals surface area contributed by atoms with Crippen molar-refractivity contribution in [1.82, 2.24) is 9.97 Å². The lowest BCUT2D eigenvalue weighted by atomic mass is 9.86. The number of benzene rings is 2. The van der Waals surface area contributed by atoms with Gasteiger partial charge in [0.15, 0.2) is 0 Å². The van der Waals surface area contributed by atoms with Crippen molar-refractivity contribution in [2.24, 2.45) is 5.92 Å². The van der Waals surface area contributed by atoms with Gasteiger partial charge < -0.3 is 4.98 Å². The molecule has 0 unspecified atom stereocenters. The molecule has 4 rings (SSSR count). The van der Waals surface area contributed by atoms with Gasteiger partial charge in [0.2, 0.25) is 5.92 Å². The molecule has 1 aliphatic carbocycles. The number of aromatic nitrogens is 2. The fourth-order valence-electron chi connectivity index (χ4n) is 4.05. The van der Waals surface area contributed by atoms with Crippen molar-refractivity contribution in [3.8, 4) is 11.1 Å². The molecule has 0 atom stereocenters. The summed E-state index contributed by atoms with van der Waals surface area (Å²) in [5.74, 6) is -2.79. The van der Waals surface area contributed by atoms with Crippen molar-refractivity contribution in [3.63, 3.8) is 0 Å². The molecule has 3 aromatic rings. The van der Waals surface area contributed by atoms with Crippen LogP contribution in [0.4, 0.5) is 35.1 Å². The van der Waals surface area contributed by atoms with Crippen LogP contribution in [0.15, 0.2) is 42.5 Å². The predicted molar refractivity (Wildman–Crippen MR) is 107 cm³/mol. The van der Waals surface area contributed by atoms with E-state index in [0.717, 1.165) is 18.2 Å². The molecule has 33 heavy (non-hydrogen) atoms. The van der Waals surface area contributed by atoms with E-state index < -0.39 is 34.9 Å². The van der Waals surface area contributed by atoms with Crippen molar-refractivity contribution in [3.05, 3.63) is 59.4 Å². The average Bonchev–Trinajstić information content (AvgIpc) is 3.13. The summed E-state index contributed by atoms with van der Waals surface area (Å²) in [4.78, 5) is 6.67. The summed E-state index contributed by atoms with van der Waals surface area (Å²) in [6, 6.07) is 6.25. The third-order valence-corrected chi connectivity index (χ3v) is 5.74. The van der Waals surface area contributed by atoms with Crippen molar-refractivity contribution >= 4 is 17.1 Å². The highest BCUT2D eigenvalue weighted by Crippen LogP contribution is 2.42. The lowest BCUT2D eigenvalue weighted by Gasteiger charge is -2.26. The maximum absolute atomic E-state index is 13.7. The Morgan fingerprint density at radius 3 is 2.18 bits per heavy atom. The Morgan fingerprint density at radius 2 is 1.55 bits per heavy atom. The van der Waals surface area contributed by atoms with Crippen LogP contribution in [0.2, 0.25) is 0 Å². The molecule has 2 nitrogen and oxygen atoms in total. The zero-order chi connectivity index (χ0) is 24.0. The van der Waals surface area contributed by atoms with Gasteiger partial charge in [-0.2, -0.15) is 26.3 Å². The van der Waals surface area contributed by atoms with Crippen LogP contribution in [0.5, 0.6) is 0 Å². The molecule has 1 saturated carbocycles. The molecule has 1 aromatic heterocycles. The van der Waals surface area contributed by atoms with Crippen molar-refractivity contribution in [2.75, 3.05) is 0 Å². The summed E-state index contributed by atoms with van der Waals surface area (Å²) in [6.45, 7) is 0. The van der Waals surface area contributed by atoms with Crippen LogP contribution in [0.3, 0.4) is 0 Å². The number of allylic oxidation sites excluding steroid dienone is 1. The first-order valence-corrected chi connectivity index (χ1v) is 10.2.